The van der Waals surface area contributed by atoms with E-state index in [0.717, 1.165) is 16.9 Å². The summed E-state index contributed by atoms with van der Waals surface area (Å²) in [6, 6.07) is 0.907. The van der Waals surface area contributed by atoms with Crippen LogP contribution in [-0.4, -0.2) is 54.8 Å². The number of hydrogen-bond acceptors (Lipinski definition) is 8. The van der Waals surface area contributed by atoms with E-state index in [4.69, 9.17) is 16.0 Å². The minimum absolute atomic E-state index is 0.174. The van der Waals surface area contributed by atoms with Crippen LogP contribution >= 0.6 is 0 Å². The second-order valence-corrected chi connectivity index (χ2v) is 4.94. The summed E-state index contributed by atoms with van der Waals surface area (Å²) in [5.41, 5.74) is 11.8. The zero-order chi connectivity index (χ0) is 16.8. The molecule has 12 heteroatoms. The highest BCUT2D eigenvalue weighted by atomic mass is 19.1. The first-order chi connectivity index (χ1) is 11.0. The van der Waals surface area contributed by atoms with E-state index in [-0.39, 0.29) is 17.0 Å². The van der Waals surface area contributed by atoms with Crippen LogP contribution in [0.15, 0.2) is 17.5 Å². The molecule has 0 aliphatic carbocycles. The van der Waals surface area contributed by atoms with Crippen molar-refractivity contribution in [1.82, 2.24) is 14.6 Å². The fourth-order valence-electron chi connectivity index (χ4n) is 2.64. The molecule has 5 N–H and O–H groups in total. The van der Waals surface area contributed by atoms with Crippen molar-refractivity contribution in [1.29, 1.82) is 0 Å². The molecular weight excluding hydrogens is 313 g/mol. The van der Waals surface area contributed by atoms with Gasteiger partial charge in [0.05, 0.1) is 12.3 Å². The highest BCUT2D eigenvalue weighted by Gasteiger charge is 2.56. The van der Waals surface area contributed by atoms with Gasteiger partial charge < -0.3 is 25.8 Å². The van der Waals surface area contributed by atoms with Crippen molar-refractivity contribution >= 4 is 11.3 Å². The fourth-order valence-corrected chi connectivity index (χ4v) is 2.64. The molecule has 3 rings (SSSR count). The number of rotatable bonds is 3. The minimum Gasteiger partial charge on any atom is -0.394 e. The molecule has 0 unspecified atom stereocenters. The van der Waals surface area contributed by atoms with Crippen molar-refractivity contribution in [2.24, 2.45) is 5.11 Å². The normalized spacial score (nSPS) is 30.5. The first-order valence-electron chi connectivity index (χ1n) is 6.45. The third kappa shape index (κ3) is 2.01. The summed E-state index contributed by atoms with van der Waals surface area (Å²) in [5, 5.41) is 36.6. The number of hydrogen-bond donors (Lipinski definition) is 4. The lowest BCUT2D eigenvalue weighted by molar-refractivity contribution is -0.0970. The molecule has 122 valence electrons. The van der Waals surface area contributed by atoms with Crippen LogP contribution in [0.25, 0.3) is 16.0 Å². The van der Waals surface area contributed by atoms with Crippen LogP contribution in [0, 0.1) is 5.82 Å². The van der Waals surface area contributed by atoms with Crippen molar-refractivity contribution < 1.29 is 24.4 Å². The standard InChI is InChI=1S/C11H12FN7O4/c12-4-1-6(19-7(4)10(13)15-3-16-19)11(17-18-14)9(22)8(21)5(2-20)23-11/h1,3,5,8-9,20-22H,2H2,(H2,13,15,16)/t5-,8-,9-,11+/m1/s1. The van der Waals surface area contributed by atoms with Gasteiger partial charge in [-0.05, 0) is 10.6 Å². The third-order valence-corrected chi connectivity index (χ3v) is 3.71. The summed E-state index contributed by atoms with van der Waals surface area (Å²) in [6.07, 6.45) is -3.51. The number of halogens is 1. The van der Waals surface area contributed by atoms with Crippen molar-refractivity contribution in [2.75, 3.05) is 12.3 Å². The summed E-state index contributed by atoms with van der Waals surface area (Å²) >= 11 is 0. The molecule has 1 aliphatic heterocycles. The Hall–Kier alpha value is -2.50. The Labute approximate surface area is 127 Å². The monoisotopic (exact) mass is 325 g/mol. The van der Waals surface area contributed by atoms with Gasteiger partial charge in [0.2, 0.25) is 5.72 Å². The Morgan fingerprint density at radius 2 is 2.30 bits per heavy atom. The van der Waals surface area contributed by atoms with E-state index in [0.29, 0.717) is 0 Å². The average molecular weight is 325 g/mol. The topological polar surface area (TPSA) is 175 Å². The lowest BCUT2D eigenvalue weighted by Crippen LogP contribution is -2.40. The van der Waals surface area contributed by atoms with Gasteiger partial charge in [0.25, 0.3) is 0 Å². The lowest BCUT2D eigenvalue weighted by Gasteiger charge is -2.26. The molecule has 0 radical (unpaired) electrons. The van der Waals surface area contributed by atoms with E-state index < -0.39 is 36.5 Å². The van der Waals surface area contributed by atoms with Gasteiger partial charge >= 0.3 is 0 Å². The number of azide groups is 1. The minimum atomic E-state index is -2.18. The largest absolute Gasteiger partial charge is 0.394 e. The maximum absolute atomic E-state index is 14.2. The third-order valence-electron chi connectivity index (χ3n) is 3.71. The molecule has 0 spiro atoms. The number of aliphatic hydroxyl groups is 3. The molecule has 0 amide bonds. The quantitative estimate of drug-likeness (QED) is 0.318. The van der Waals surface area contributed by atoms with Crippen LogP contribution in [0.3, 0.4) is 0 Å². The maximum atomic E-state index is 14.2. The Morgan fingerprint density at radius 1 is 1.57 bits per heavy atom. The lowest BCUT2D eigenvalue weighted by atomic mass is 10.0. The van der Waals surface area contributed by atoms with Gasteiger partial charge in [-0.2, -0.15) is 5.10 Å². The number of anilines is 1. The molecule has 4 atom stereocenters. The van der Waals surface area contributed by atoms with Gasteiger partial charge in [0, 0.05) is 11.0 Å². The molecule has 1 saturated heterocycles. The van der Waals surface area contributed by atoms with Crippen LogP contribution < -0.4 is 5.73 Å². The molecular formula is C11H12FN7O4. The first kappa shape index (κ1) is 15.4. The van der Waals surface area contributed by atoms with Gasteiger partial charge in [-0.15, -0.1) is 0 Å². The number of nitrogen functional groups attached to an aromatic ring is 1. The van der Waals surface area contributed by atoms with Crippen molar-refractivity contribution in [3.8, 4) is 0 Å². The summed E-state index contributed by atoms with van der Waals surface area (Å²) in [7, 11) is 0. The van der Waals surface area contributed by atoms with Crippen molar-refractivity contribution in [3.05, 3.63) is 34.3 Å². The summed E-state index contributed by atoms with van der Waals surface area (Å²) in [4.78, 5) is 6.25. The number of fused-ring (bicyclic) bond motifs is 1. The number of nitrogens with two attached hydrogens (primary N) is 1. The van der Waals surface area contributed by atoms with E-state index in [1.54, 1.807) is 0 Å². The zero-order valence-corrected chi connectivity index (χ0v) is 11.5. The maximum Gasteiger partial charge on any atom is 0.217 e. The van der Waals surface area contributed by atoms with Crippen LogP contribution in [0.5, 0.6) is 0 Å². The molecule has 1 aliphatic rings. The Balaban J connectivity index is 2.29. The van der Waals surface area contributed by atoms with Crippen molar-refractivity contribution in [2.45, 2.75) is 24.0 Å². The molecule has 11 nitrogen and oxygen atoms in total. The van der Waals surface area contributed by atoms with Gasteiger partial charge in [-0.1, -0.05) is 0 Å². The number of aliphatic hydroxyl groups excluding tert-OH is 3. The molecule has 0 bridgehead atoms. The first-order valence-corrected chi connectivity index (χ1v) is 6.45. The predicted molar refractivity (Wildman–Crippen MR) is 72.2 cm³/mol. The smallest absolute Gasteiger partial charge is 0.217 e. The van der Waals surface area contributed by atoms with E-state index in [1.807, 2.05) is 0 Å². The van der Waals surface area contributed by atoms with Crippen LogP contribution in [0.2, 0.25) is 0 Å². The second-order valence-electron chi connectivity index (χ2n) is 4.94. The Bertz CT molecular complexity index is 807. The van der Waals surface area contributed by atoms with E-state index in [2.05, 4.69) is 20.1 Å². The highest BCUT2D eigenvalue weighted by molar-refractivity contribution is 5.66. The SMILES string of the molecule is [N-]=[N+]=N[C@@]1(c2cc(F)c3c(N)ncnn23)O[C@H](CO)[C@@H](O)[C@H]1O. The molecule has 3 heterocycles. The van der Waals surface area contributed by atoms with Gasteiger partial charge in [0.1, 0.15) is 30.2 Å². The van der Waals surface area contributed by atoms with Gasteiger partial charge in [-0.3, -0.25) is 0 Å². The second kappa shape index (κ2) is 5.30. The van der Waals surface area contributed by atoms with E-state index in [9.17, 15) is 19.7 Å². The van der Waals surface area contributed by atoms with Crippen LogP contribution in [0.4, 0.5) is 10.2 Å². The summed E-state index contributed by atoms with van der Waals surface area (Å²) in [6.45, 7) is -0.649. The Morgan fingerprint density at radius 3 is 2.91 bits per heavy atom. The van der Waals surface area contributed by atoms with E-state index >= 15 is 0 Å². The molecule has 0 saturated carbocycles. The molecule has 2 aromatic rings. The van der Waals surface area contributed by atoms with Crippen molar-refractivity contribution in [3.63, 3.8) is 0 Å². The van der Waals surface area contributed by atoms with E-state index in [1.165, 1.54) is 0 Å². The molecule has 1 fully saturated rings. The zero-order valence-electron chi connectivity index (χ0n) is 11.5. The van der Waals surface area contributed by atoms with Gasteiger partial charge in [-0.25, -0.2) is 13.9 Å². The number of ether oxygens (including phenoxy) is 1. The molecule has 0 aromatic carbocycles. The fraction of sp³-hybridized carbons (Fsp3) is 0.455. The van der Waals surface area contributed by atoms with Crippen LogP contribution in [-0.2, 0) is 10.5 Å². The summed E-state index contributed by atoms with van der Waals surface area (Å²) < 4.78 is 20.5. The molecule has 2 aromatic heterocycles. The highest BCUT2D eigenvalue weighted by Crippen LogP contribution is 2.42. The number of nitrogens with zero attached hydrogens (tertiary/aromatic N) is 6. The predicted octanol–water partition coefficient (Wildman–Crippen LogP) is -0.973. The molecule has 23 heavy (non-hydrogen) atoms. The van der Waals surface area contributed by atoms with Crippen LogP contribution in [0.1, 0.15) is 5.69 Å². The number of aromatic nitrogens is 3. The Kier molecular flexibility index (Phi) is 3.55. The average Bonchev–Trinajstić information content (AvgIpc) is 2.99. The van der Waals surface area contributed by atoms with Gasteiger partial charge in [0.15, 0.2) is 11.6 Å². The summed E-state index contributed by atoms with van der Waals surface area (Å²) in [5.74, 6) is -1.00.